The van der Waals surface area contributed by atoms with Crippen LogP contribution in [0.5, 0.6) is 0 Å². The average Bonchev–Trinajstić information content (AvgIpc) is 2.57. The van der Waals surface area contributed by atoms with Crippen molar-refractivity contribution in [2.75, 3.05) is 5.73 Å². The van der Waals surface area contributed by atoms with Gasteiger partial charge in [-0.1, -0.05) is 60.7 Å². The van der Waals surface area contributed by atoms with E-state index in [1.807, 2.05) is 12.1 Å². The Hall–Kier alpha value is -2.07. The van der Waals surface area contributed by atoms with Gasteiger partial charge in [-0.25, -0.2) is 0 Å². The molecule has 0 aromatic heterocycles. The third-order valence-electron chi connectivity index (χ3n) is 4.07. The van der Waals surface area contributed by atoms with Gasteiger partial charge in [0.2, 0.25) is 0 Å². The van der Waals surface area contributed by atoms with Crippen LogP contribution in [0.25, 0.3) is 32.7 Å². The van der Waals surface area contributed by atoms with Gasteiger partial charge in [-0.2, -0.15) is 0 Å². The number of hydrogen-bond donors (Lipinski definition) is 1. The van der Waals surface area contributed by atoms with Crippen molar-refractivity contribution < 1.29 is 0 Å². The van der Waals surface area contributed by atoms with Crippen molar-refractivity contribution in [3.63, 3.8) is 0 Å². The summed E-state index contributed by atoms with van der Waals surface area (Å²) in [6, 6.07) is 25.4. The van der Waals surface area contributed by atoms with Crippen molar-refractivity contribution in [1.29, 1.82) is 0 Å². The number of anilines is 1. The molecule has 0 saturated carbocycles. The van der Waals surface area contributed by atoms with Crippen LogP contribution in [0.2, 0.25) is 0 Å². The van der Waals surface area contributed by atoms with E-state index in [1.54, 1.807) is 0 Å². The van der Waals surface area contributed by atoms with Crippen molar-refractivity contribution in [2.45, 2.75) is 0 Å². The fraction of sp³-hybridized carbons (Fsp3) is 0. The molecule has 0 heterocycles. The Labute approximate surface area is 142 Å². The summed E-state index contributed by atoms with van der Waals surface area (Å²) in [5, 5.41) is 5.17. The van der Waals surface area contributed by atoms with E-state index in [1.165, 1.54) is 36.2 Å². The van der Waals surface area contributed by atoms with Crippen molar-refractivity contribution in [3.8, 4) is 11.1 Å². The zero-order valence-corrected chi connectivity index (χ0v) is 14.0. The molecule has 4 aromatic rings. The lowest BCUT2D eigenvalue weighted by molar-refractivity contribution is 1.65. The average molecular weight is 395 g/mol. The quantitative estimate of drug-likeness (QED) is 0.244. The second-order valence-electron chi connectivity index (χ2n) is 5.40. The number of hydrogen-bond acceptors (Lipinski definition) is 1. The van der Waals surface area contributed by atoms with E-state index in [0.717, 1.165) is 5.69 Å². The van der Waals surface area contributed by atoms with Gasteiger partial charge in [0, 0.05) is 9.26 Å². The summed E-state index contributed by atoms with van der Waals surface area (Å²) in [4.78, 5) is 0. The molecule has 0 bridgehead atoms. The number of rotatable bonds is 1. The highest BCUT2D eigenvalue weighted by Crippen LogP contribution is 2.39. The highest BCUT2D eigenvalue weighted by molar-refractivity contribution is 14.1. The first-order chi connectivity index (χ1) is 10.8. The molecule has 0 atom stereocenters. The summed E-state index contributed by atoms with van der Waals surface area (Å²) in [7, 11) is 0. The Morgan fingerprint density at radius 3 is 1.55 bits per heavy atom. The van der Waals surface area contributed by atoms with E-state index in [2.05, 4.69) is 83.3 Å². The summed E-state index contributed by atoms with van der Waals surface area (Å²) < 4.78 is 1.31. The Morgan fingerprint density at radius 1 is 0.591 bits per heavy atom. The van der Waals surface area contributed by atoms with Gasteiger partial charge < -0.3 is 5.73 Å². The van der Waals surface area contributed by atoms with Crippen molar-refractivity contribution in [2.24, 2.45) is 0 Å². The van der Waals surface area contributed by atoms with Crippen molar-refractivity contribution in [1.82, 2.24) is 0 Å². The lowest BCUT2D eigenvalue weighted by atomic mass is 9.92. The van der Waals surface area contributed by atoms with Crippen LogP contribution in [0.15, 0.2) is 72.8 Å². The first kappa shape index (κ1) is 13.6. The molecule has 4 rings (SSSR count). The van der Waals surface area contributed by atoms with Gasteiger partial charge in [-0.15, -0.1) is 0 Å². The predicted molar refractivity (Wildman–Crippen MR) is 104 cm³/mol. The molecule has 0 aliphatic rings. The maximum atomic E-state index is 5.85. The topological polar surface area (TPSA) is 26.0 Å². The molecule has 0 saturated heterocycles. The molecule has 0 aliphatic carbocycles. The summed E-state index contributed by atoms with van der Waals surface area (Å²) in [6.07, 6.45) is 0. The van der Waals surface area contributed by atoms with E-state index in [4.69, 9.17) is 5.73 Å². The van der Waals surface area contributed by atoms with Gasteiger partial charge in [0.25, 0.3) is 0 Å². The Kier molecular flexibility index (Phi) is 3.26. The number of halogens is 1. The molecule has 0 amide bonds. The van der Waals surface area contributed by atoms with Gasteiger partial charge in [0.1, 0.15) is 0 Å². The smallest absolute Gasteiger partial charge is 0.0314 e. The summed E-state index contributed by atoms with van der Waals surface area (Å²) in [5.41, 5.74) is 9.14. The number of nitrogens with two attached hydrogens (primary N) is 1. The van der Waals surface area contributed by atoms with E-state index >= 15 is 0 Å². The minimum absolute atomic E-state index is 0.794. The maximum absolute atomic E-state index is 5.85. The monoisotopic (exact) mass is 395 g/mol. The zero-order chi connectivity index (χ0) is 15.1. The minimum Gasteiger partial charge on any atom is -0.399 e. The van der Waals surface area contributed by atoms with Gasteiger partial charge in [0.15, 0.2) is 0 Å². The molecular weight excluding hydrogens is 381 g/mol. The molecule has 0 fully saturated rings. The number of fused-ring (bicyclic) bond motifs is 2. The second kappa shape index (κ2) is 5.29. The largest absolute Gasteiger partial charge is 0.399 e. The third kappa shape index (κ3) is 2.06. The standard InChI is InChI=1S/C20H14IN/c21-20-17-7-3-1-5-15(17)19(13-9-11-14(22)12-10-13)16-6-2-4-8-18(16)20/h1-12H,22H2. The molecule has 1 nitrogen and oxygen atoms in total. The lowest BCUT2D eigenvalue weighted by Crippen LogP contribution is -1.90. The minimum atomic E-state index is 0.794. The zero-order valence-electron chi connectivity index (χ0n) is 11.9. The number of benzene rings is 4. The van der Waals surface area contributed by atoms with Crippen LogP contribution in [-0.4, -0.2) is 0 Å². The Morgan fingerprint density at radius 2 is 1.05 bits per heavy atom. The van der Waals surface area contributed by atoms with Crippen molar-refractivity contribution in [3.05, 3.63) is 76.4 Å². The summed E-state index contributed by atoms with van der Waals surface area (Å²) in [5.74, 6) is 0. The molecule has 106 valence electrons. The Bertz CT molecular complexity index is 931. The highest BCUT2D eigenvalue weighted by atomic mass is 127. The van der Waals surface area contributed by atoms with Crippen LogP contribution in [0.1, 0.15) is 0 Å². The van der Waals surface area contributed by atoms with E-state index < -0.39 is 0 Å². The fourth-order valence-corrected chi connectivity index (χ4v) is 3.98. The SMILES string of the molecule is Nc1ccc(-c2c3ccccc3c(I)c3ccccc23)cc1. The molecule has 0 aliphatic heterocycles. The number of nitrogen functional groups attached to an aromatic ring is 1. The normalized spacial score (nSPS) is 11.1. The summed E-state index contributed by atoms with van der Waals surface area (Å²) in [6.45, 7) is 0. The van der Waals surface area contributed by atoms with Gasteiger partial charge in [0.05, 0.1) is 0 Å². The van der Waals surface area contributed by atoms with E-state index in [-0.39, 0.29) is 0 Å². The first-order valence-electron chi connectivity index (χ1n) is 7.20. The van der Waals surface area contributed by atoms with Crippen molar-refractivity contribution >= 4 is 49.8 Å². The second-order valence-corrected chi connectivity index (χ2v) is 6.48. The van der Waals surface area contributed by atoms with Gasteiger partial charge >= 0.3 is 0 Å². The van der Waals surface area contributed by atoms with Crippen LogP contribution in [-0.2, 0) is 0 Å². The van der Waals surface area contributed by atoms with Gasteiger partial charge in [-0.3, -0.25) is 0 Å². The van der Waals surface area contributed by atoms with Gasteiger partial charge in [-0.05, 0) is 67.4 Å². The molecule has 4 aromatic carbocycles. The molecule has 2 N–H and O–H groups in total. The molecule has 22 heavy (non-hydrogen) atoms. The molecule has 2 heteroatoms. The van der Waals surface area contributed by atoms with Crippen LogP contribution in [0, 0.1) is 3.57 Å². The van der Waals surface area contributed by atoms with Crippen LogP contribution in [0.3, 0.4) is 0 Å². The third-order valence-corrected chi connectivity index (χ3v) is 5.23. The van der Waals surface area contributed by atoms with Crippen LogP contribution >= 0.6 is 22.6 Å². The highest BCUT2D eigenvalue weighted by Gasteiger charge is 2.13. The van der Waals surface area contributed by atoms with E-state index in [0.29, 0.717) is 0 Å². The first-order valence-corrected chi connectivity index (χ1v) is 8.28. The molecular formula is C20H14IN. The Balaban J connectivity index is 2.23. The lowest BCUT2D eigenvalue weighted by Gasteiger charge is -2.14. The fourth-order valence-electron chi connectivity index (χ4n) is 3.04. The van der Waals surface area contributed by atoms with E-state index in [9.17, 15) is 0 Å². The predicted octanol–water partition coefficient (Wildman–Crippen LogP) is 5.85. The molecule has 0 radical (unpaired) electrons. The van der Waals surface area contributed by atoms with Crippen LogP contribution in [0.4, 0.5) is 5.69 Å². The molecule has 0 unspecified atom stereocenters. The molecule has 0 spiro atoms. The van der Waals surface area contributed by atoms with Crippen LogP contribution < -0.4 is 5.73 Å². The maximum Gasteiger partial charge on any atom is 0.0314 e. The summed E-state index contributed by atoms with van der Waals surface area (Å²) >= 11 is 2.46.